The summed E-state index contributed by atoms with van der Waals surface area (Å²) in [4.78, 5) is 23.9. The number of fused-ring (bicyclic) bond motifs is 1. The predicted molar refractivity (Wildman–Crippen MR) is 86.7 cm³/mol. The number of ketones is 1. The predicted octanol–water partition coefficient (Wildman–Crippen LogP) is 4.09. The molecule has 24 heavy (non-hydrogen) atoms. The lowest BCUT2D eigenvalue weighted by Gasteiger charge is -2.02. The molecule has 1 aromatic heterocycles. The van der Waals surface area contributed by atoms with Gasteiger partial charge in [-0.1, -0.05) is 12.1 Å². The molecular weight excluding hydrogens is 311 g/mol. The summed E-state index contributed by atoms with van der Waals surface area (Å²) in [5, 5.41) is 0.799. The van der Waals surface area contributed by atoms with Gasteiger partial charge in [0.25, 0.3) is 0 Å². The molecule has 0 saturated carbocycles. The molecule has 0 unspecified atom stereocenters. The number of rotatable bonds is 4. The maximum absolute atomic E-state index is 12.9. The first-order chi connectivity index (χ1) is 11.5. The highest BCUT2D eigenvalue weighted by molar-refractivity contribution is 5.99. The van der Waals surface area contributed by atoms with E-state index in [1.165, 1.54) is 31.4 Å². The van der Waals surface area contributed by atoms with Gasteiger partial charge in [-0.05, 0) is 42.8 Å². The molecule has 3 rings (SSSR count). The van der Waals surface area contributed by atoms with Crippen molar-refractivity contribution in [3.63, 3.8) is 0 Å². The van der Waals surface area contributed by atoms with Gasteiger partial charge in [0.2, 0.25) is 5.76 Å². The number of furan rings is 1. The number of carbonyl (C=O) groups is 2. The molecule has 0 aliphatic heterocycles. The van der Waals surface area contributed by atoms with Crippen LogP contribution in [0.4, 0.5) is 4.39 Å². The van der Waals surface area contributed by atoms with Crippen LogP contribution in [0.15, 0.2) is 46.9 Å². The number of methoxy groups -OCH3 is 1. The topological polar surface area (TPSA) is 56.5 Å². The van der Waals surface area contributed by atoms with Crippen LogP contribution in [-0.4, -0.2) is 18.9 Å². The fourth-order valence-electron chi connectivity index (χ4n) is 2.59. The molecular formula is C19H15FO4. The van der Waals surface area contributed by atoms with Gasteiger partial charge in [-0.15, -0.1) is 0 Å². The van der Waals surface area contributed by atoms with Crippen molar-refractivity contribution in [1.29, 1.82) is 0 Å². The molecule has 0 spiro atoms. The number of ether oxygens (including phenoxy) is 1. The van der Waals surface area contributed by atoms with Gasteiger partial charge in [-0.2, -0.15) is 0 Å². The van der Waals surface area contributed by atoms with Crippen molar-refractivity contribution in [2.75, 3.05) is 7.11 Å². The summed E-state index contributed by atoms with van der Waals surface area (Å²) in [6.07, 6.45) is 0.162. The molecule has 0 saturated heterocycles. The quantitative estimate of drug-likeness (QED) is 0.535. The molecule has 0 aliphatic carbocycles. The molecule has 0 fully saturated rings. The summed E-state index contributed by atoms with van der Waals surface area (Å²) in [5.74, 6) is -0.873. The van der Waals surface area contributed by atoms with Crippen molar-refractivity contribution in [1.82, 2.24) is 0 Å². The average Bonchev–Trinajstić information content (AvgIpc) is 2.91. The second kappa shape index (κ2) is 6.28. The van der Waals surface area contributed by atoms with E-state index >= 15 is 0 Å². The number of halogens is 1. The zero-order chi connectivity index (χ0) is 17.3. The fraction of sp³-hybridized carbons (Fsp3) is 0.158. The lowest BCUT2D eigenvalue weighted by molar-refractivity contribution is 0.0566. The summed E-state index contributed by atoms with van der Waals surface area (Å²) in [7, 11) is 1.29. The number of carbonyl (C=O) groups excluding carboxylic acids is 2. The molecule has 0 aliphatic rings. The van der Waals surface area contributed by atoms with E-state index in [9.17, 15) is 14.0 Å². The minimum absolute atomic E-state index is 0.120. The summed E-state index contributed by atoms with van der Waals surface area (Å²) in [5.41, 5.74) is 2.43. The van der Waals surface area contributed by atoms with E-state index in [1.807, 2.05) is 12.1 Å². The van der Waals surface area contributed by atoms with Gasteiger partial charge >= 0.3 is 5.97 Å². The van der Waals surface area contributed by atoms with Gasteiger partial charge in [0, 0.05) is 22.9 Å². The Morgan fingerprint density at radius 3 is 2.50 bits per heavy atom. The maximum atomic E-state index is 12.9. The number of Topliss-reactive ketones (excluding diaryl/α,β-unsaturated/α-hetero) is 1. The van der Waals surface area contributed by atoms with Crippen molar-refractivity contribution >= 4 is 22.7 Å². The number of esters is 1. The second-order valence-corrected chi connectivity index (χ2v) is 5.49. The summed E-state index contributed by atoms with van der Waals surface area (Å²) in [6.45, 7) is 1.78. The first-order valence-corrected chi connectivity index (χ1v) is 7.38. The number of hydrogen-bond acceptors (Lipinski definition) is 4. The van der Waals surface area contributed by atoms with Crippen LogP contribution in [0.3, 0.4) is 0 Å². The van der Waals surface area contributed by atoms with Crippen LogP contribution in [0, 0.1) is 12.7 Å². The van der Waals surface area contributed by atoms with Crippen LogP contribution < -0.4 is 0 Å². The first-order valence-electron chi connectivity index (χ1n) is 7.38. The Bertz CT molecular complexity index is 922. The SMILES string of the molecule is COC(=O)c1oc2cc(CC(=O)c3ccc(F)cc3)ccc2c1C. The third-order valence-electron chi connectivity index (χ3n) is 3.90. The van der Waals surface area contributed by atoms with Crippen molar-refractivity contribution in [3.8, 4) is 0 Å². The normalized spacial score (nSPS) is 10.8. The molecule has 1 heterocycles. The third kappa shape index (κ3) is 2.93. The summed E-state index contributed by atoms with van der Waals surface area (Å²) in [6, 6.07) is 10.8. The van der Waals surface area contributed by atoms with E-state index in [2.05, 4.69) is 0 Å². The van der Waals surface area contributed by atoms with E-state index < -0.39 is 5.97 Å². The highest BCUT2D eigenvalue weighted by atomic mass is 19.1. The van der Waals surface area contributed by atoms with Gasteiger partial charge in [-0.3, -0.25) is 4.79 Å². The molecule has 0 amide bonds. The second-order valence-electron chi connectivity index (χ2n) is 5.49. The van der Waals surface area contributed by atoms with E-state index in [0.29, 0.717) is 16.7 Å². The Hall–Kier alpha value is -2.95. The zero-order valence-corrected chi connectivity index (χ0v) is 13.3. The highest BCUT2D eigenvalue weighted by Gasteiger charge is 2.18. The number of hydrogen-bond donors (Lipinski definition) is 0. The van der Waals surface area contributed by atoms with Crippen molar-refractivity contribution in [2.45, 2.75) is 13.3 Å². The number of aryl methyl sites for hydroxylation is 1. The first kappa shape index (κ1) is 15.9. The van der Waals surface area contributed by atoms with Crippen LogP contribution in [0.5, 0.6) is 0 Å². The van der Waals surface area contributed by atoms with E-state index in [-0.39, 0.29) is 23.8 Å². The molecule has 0 atom stereocenters. The smallest absolute Gasteiger partial charge is 0.374 e. The minimum Gasteiger partial charge on any atom is -0.463 e. The van der Waals surface area contributed by atoms with Crippen molar-refractivity contribution < 1.29 is 23.1 Å². The largest absolute Gasteiger partial charge is 0.463 e. The van der Waals surface area contributed by atoms with Crippen LogP contribution >= 0.6 is 0 Å². The lowest BCUT2D eigenvalue weighted by atomic mass is 10.0. The fourth-order valence-corrected chi connectivity index (χ4v) is 2.59. The Morgan fingerprint density at radius 1 is 1.12 bits per heavy atom. The molecule has 4 nitrogen and oxygen atoms in total. The van der Waals surface area contributed by atoms with Crippen molar-refractivity contribution in [2.24, 2.45) is 0 Å². The molecule has 2 aromatic carbocycles. The molecule has 0 bridgehead atoms. The lowest BCUT2D eigenvalue weighted by Crippen LogP contribution is -2.03. The van der Waals surface area contributed by atoms with Gasteiger partial charge in [0.15, 0.2) is 5.78 Å². The van der Waals surface area contributed by atoms with E-state index in [4.69, 9.17) is 9.15 Å². The minimum atomic E-state index is -0.535. The Balaban J connectivity index is 1.89. The number of benzene rings is 2. The van der Waals surface area contributed by atoms with Crippen molar-refractivity contribution in [3.05, 3.63) is 70.7 Å². The van der Waals surface area contributed by atoms with Crippen LogP contribution in [0.2, 0.25) is 0 Å². The molecule has 3 aromatic rings. The van der Waals surface area contributed by atoms with Crippen LogP contribution in [-0.2, 0) is 11.2 Å². The Kier molecular flexibility index (Phi) is 4.16. The van der Waals surface area contributed by atoms with Gasteiger partial charge < -0.3 is 9.15 Å². The van der Waals surface area contributed by atoms with Gasteiger partial charge in [0.1, 0.15) is 11.4 Å². The van der Waals surface area contributed by atoms with Gasteiger partial charge in [0.05, 0.1) is 7.11 Å². The third-order valence-corrected chi connectivity index (χ3v) is 3.90. The highest BCUT2D eigenvalue weighted by Crippen LogP contribution is 2.27. The summed E-state index contributed by atoms with van der Waals surface area (Å²) < 4.78 is 23.2. The monoisotopic (exact) mass is 326 g/mol. The zero-order valence-electron chi connectivity index (χ0n) is 13.3. The van der Waals surface area contributed by atoms with Crippen LogP contribution in [0.1, 0.15) is 32.0 Å². The molecule has 5 heteroatoms. The van der Waals surface area contributed by atoms with Gasteiger partial charge in [-0.25, -0.2) is 9.18 Å². The Morgan fingerprint density at radius 2 is 1.83 bits per heavy atom. The maximum Gasteiger partial charge on any atom is 0.374 e. The average molecular weight is 326 g/mol. The molecule has 0 radical (unpaired) electrons. The Labute approximate surface area is 137 Å². The molecule has 0 N–H and O–H groups in total. The molecule has 122 valence electrons. The van der Waals surface area contributed by atoms with E-state index in [0.717, 1.165) is 10.9 Å². The van der Waals surface area contributed by atoms with E-state index in [1.54, 1.807) is 13.0 Å². The summed E-state index contributed by atoms with van der Waals surface area (Å²) >= 11 is 0. The standard InChI is InChI=1S/C19H15FO4/c1-11-15-8-3-12(10-17(15)24-18(11)19(22)23-2)9-16(21)13-4-6-14(20)7-5-13/h3-8,10H,9H2,1-2H3. The van der Waals surface area contributed by atoms with Crippen LogP contribution in [0.25, 0.3) is 11.0 Å².